The van der Waals surface area contributed by atoms with Crippen LogP contribution in [-0.2, 0) is 14.4 Å². The molecule has 2 aliphatic heterocycles. The molecule has 0 atom stereocenters. The molecular formula is C18H31N3O3. The van der Waals surface area contributed by atoms with Crippen LogP contribution in [0.3, 0.4) is 0 Å². The number of hydrogen-bond acceptors (Lipinski definition) is 3. The molecule has 2 saturated heterocycles. The van der Waals surface area contributed by atoms with Crippen molar-refractivity contribution in [2.45, 2.75) is 58.3 Å². The lowest BCUT2D eigenvalue weighted by Crippen LogP contribution is -2.54. The van der Waals surface area contributed by atoms with Gasteiger partial charge in [0.2, 0.25) is 5.91 Å². The van der Waals surface area contributed by atoms with Crippen molar-refractivity contribution in [1.29, 1.82) is 0 Å². The first-order valence-corrected chi connectivity index (χ1v) is 9.49. The minimum absolute atomic E-state index is 0.185. The van der Waals surface area contributed by atoms with E-state index in [2.05, 4.69) is 6.92 Å². The van der Waals surface area contributed by atoms with Gasteiger partial charge in [-0.3, -0.25) is 14.4 Å². The van der Waals surface area contributed by atoms with E-state index in [9.17, 15) is 14.4 Å². The topological polar surface area (TPSA) is 60.9 Å². The number of unbranched alkanes of at least 4 members (excludes halogenated alkanes) is 4. The minimum Gasteiger partial charge on any atom is -0.339 e. The summed E-state index contributed by atoms with van der Waals surface area (Å²) in [5.41, 5.74) is 0. The van der Waals surface area contributed by atoms with E-state index in [1.165, 1.54) is 19.3 Å². The average molecular weight is 337 g/mol. The summed E-state index contributed by atoms with van der Waals surface area (Å²) in [7, 11) is 0. The summed E-state index contributed by atoms with van der Waals surface area (Å²) in [6.45, 7) is 5.61. The molecule has 2 rings (SSSR count). The van der Waals surface area contributed by atoms with Crippen LogP contribution in [0.25, 0.3) is 0 Å². The number of carbonyl (C=O) groups is 3. The standard InChI is InChI=1S/C18H31N3O3/c1-2-3-4-5-6-9-16(22)19-12-14-21(15-13-19)18(24)17(23)20-10-7-8-11-20/h2-15H2,1H3. The van der Waals surface area contributed by atoms with Crippen LogP contribution in [-0.4, -0.2) is 71.7 Å². The second kappa shape index (κ2) is 9.64. The van der Waals surface area contributed by atoms with Crippen molar-refractivity contribution in [1.82, 2.24) is 14.7 Å². The van der Waals surface area contributed by atoms with Crippen LogP contribution in [0.2, 0.25) is 0 Å². The van der Waals surface area contributed by atoms with E-state index in [-0.39, 0.29) is 11.8 Å². The van der Waals surface area contributed by atoms with Crippen LogP contribution in [0.15, 0.2) is 0 Å². The summed E-state index contributed by atoms with van der Waals surface area (Å²) < 4.78 is 0. The van der Waals surface area contributed by atoms with Crippen molar-refractivity contribution in [2.75, 3.05) is 39.3 Å². The van der Waals surface area contributed by atoms with Crippen LogP contribution in [0, 0.1) is 0 Å². The average Bonchev–Trinajstić information content (AvgIpc) is 3.15. The van der Waals surface area contributed by atoms with Gasteiger partial charge >= 0.3 is 11.8 Å². The van der Waals surface area contributed by atoms with Crippen molar-refractivity contribution in [2.24, 2.45) is 0 Å². The highest BCUT2D eigenvalue weighted by Gasteiger charge is 2.31. The highest BCUT2D eigenvalue weighted by Crippen LogP contribution is 2.12. The molecule has 6 nitrogen and oxygen atoms in total. The summed E-state index contributed by atoms with van der Waals surface area (Å²) in [4.78, 5) is 41.7. The Morgan fingerprint density at radius 3 is 1.75 bits per heavy atom. The molecule has 0 aromatic rings. The molecule has 0 radical (unpaired) electrons. The molecule has 136 valence electrons. The van der Waals surface area contributed by atoms with Crippen molar-refractivity contribution in [3.63, 3.8) is 0 Å². The molecule has 0 bridgehead atoms. The number of amides is 3. The fraction of sp³-hybridized carbons (Fsp3) is 0.833. The Labute approximate surface area is 145 Å². The van der Waals surface area contributed by atoms with Crippen LogP contribution in [0.4, 0.5) is 0 Å². The zero-order valence-corrected chi connectivity index (χ0v) is 15.0. The quantitative estimate of drug-likeness (QED) is 0.547. The molecule has 2 aliphatic rings. The van der Waals surface area contributed by atoms with Crippen molar-refractivity contribution in [3.05, 3.63) is 0 Å². The van der Waals surface area contributed by atoms with E-state index in [0.29, 0.717) is 45.7 Å². The van der Waals surface area contributed by atoms with Gasteiger partial charge in [0.25, 0.3) is 0 Å². The molecule has 0 aliphatic carbocycles. The van der Waals surface area contributed by atoms with Gasteiger partial charge in [-0.05, 0) is 19.3 Å². The second-order valence-corrected chi connectivity index (χ2v) is 6.84. The molecule has 6 heteroatoms. The number of likely N-dealkylation sites (tertiary alicyclic amines) is 1. The summed E-state index contributed by atoms with van der Waals surface area (Å²) in [6.07, 6.45) is 8.28. The molecule has 0 N–H and O–H groups in total. The van der Waals surface area contributed by atoms with Gasteiger partial charge in [-0.1, -0.05) is 32.6 Å². The maximum atomic E-state index is 12.3. The Morgan fingerprint density at radius 1 is 0.667 bits per heavy atom. The molecule has 0 aromatic carbocycles. The molecule has 2 heterocycles. The molecule has 0 saturated carbocycles. The first-order valence-electron chi connectivity index (χ1n) is 9.49. The van der Waals surface area contributed by atoms with Gasteiger partial charge < -0.3 is 14.7 Å². The van der Waals surface area contributed by atoms with E-state index in [1.807, 2.05) is 4.90 Å². The first kappa shape index (κ1) is 18.7. The smallest absolute Gasteiger partial charge is 0.312 e. The summed E-state index contributed by atoms with van der Waals surface area (Å²) >= 11 is 0. The summed E-state index contributed by atoms with van der Waals surface area (Å²) in [5, 5.41) is 0. The maximum absolute atomic E-state index is 12.3. The van der Waals surface area contributed by atoms with E-state index < -0.39 is 5.91 Å². The lowest BCUT2D eigenvalue weighted by molar-refractivity contribution is -0.153. The SMILES string of the molecule is CCCCCCCC(=O)N1CCN(C(=O)C(=O)N2CCCC2)CC1. The fourth-order valence-corrected chi connectivity index (χ4v) is 3.39. The zero-order valence-electron chi connectivity index (χ0n) is 15.0. The third kappa shape index (κ3) is 5.21. The van der Waals surface area contributed by atoms with E-state index >= 15 is 0 Å². The fourth-order valence-electron chi connectivity index (χ4n) is 3.39. The van der Waals surface area contributed by atoms with Gasteiger partial charge in [0.05, 0.1) is 0 Å². The predicted molar refractivity (Wildman–Crippen MR) is 92.4 cm³/mol. The molecular weight excluding hydrogens is 306 g/mol. The van der Waals surface area contributed by atoms with E-state index in [4.69, 9.17) is 0 Å². The third-order valence-corrected chi connectivity index (χ3v) is 4.99. The second-order valence-electron chi connectivity index (χ2n) is 6.84. The van der Waals surface area contributed by atoms with Crippen molar-refractivity contribution >= 4 is 17.7 Å². The first-order chi connectivity index (χ1) is 11.6. The van der Waals surface area contributed by atoms with Gasteiger partial charge in [0, 0.05) is 45.7 Å². The van der Waals surface area contributed by atoms with Crippen molar-refractivity contribution < 1.29 is 14.4 Å². The summed E-state index contributed by atoms with van der Waals surface area (Å²) in [5.74, 6) is -0.587. The largest absolute Gasteiger partial charge is 0.339 e. The Hall–Kier alpha value is -1.59. The number of rotatable bonds is 6. The summed E-state index contributed by atoms with van der Waals surface area (Å²) in [6, 6.07) is 0. The Kier molecular flexibility index (Phi) is 7.53. The molecule has 3 amide bonds. The van der Waals surface area contributed by atoms with Crippen LogP contribution in [0.5, 0.6) is 0 Å². The molecule has 2 fully saturated rings. The van der Waals surface area contributed by atoms with E-state index in [1.54, 1.807) is 9.80 Å². The van der Waals surface area contributed by atoms with Crippen LogP contribution < -0.4 is 0 Å². The monoisotopic (exact) mass is 337 g/mol. The normalized spacial score (nSPS) is 18.1. The Bertz CT molecular complexity index is 439. The zero-order chi connectivity index (χ0) is 17.4. The maximum Gasteiger partial charge on any atom is 0.312 e. The van der Waals surface area contributed by atoms with Crippen LogP contribution >= 0.6 is 0 Å². The van der Waals surface area contributed by atoms with Crippen LogP contribution in [0.1, 0.15) is 58.3 Å². The number of piperazine rings is 1. The number of nitrogens with zero attached hydrogens (tertiary/aromatic N) is 3. The Balaban J connectivity index is 1.67. The third-order valence-electron chi connectivity index (χ3n) is 4.99. The Morgan fingerprint density at radius 2 is 1.17 bits per heavy atom. The van der Waals surface area contributed by atoms with Gasteiger partial charge in [-0.2, -0.15) is 0 Å². The van der Waals surface area contributed by atoms with Gasteiger partial charge in [-0.25, -0.2) is 0 Å². The molecule has 0 spiro atoms. The van der Waals surface area contributed by atoms with Gasteiger partial charge in [-0.15, -0.1) is 0 Å². The van der Waals surface area contributed by atoms with E-state index in [0.717, 1.165) is 25.7 Å². The van der Waals surface area contributed by atoms with Crippen molar-refractivity contribution in [3.8, 4) is 0 Å². The highest BCUT2D eigenvalue weighted by molar-refractivity contribution is 6.35. The van der Waals surface area contributed by atoms with Gasteiger partial charge in [0.1, 0.15) is 0 Å². The predicted octanol–water partition coefficient (Wildman–Crippen LogP) is 1.64. The lowest BCUT2D eigenvalue weighted by Gasteiger charge is -2.35. The highest BCUT2D eigenvalue weighted by atomic mass is 16.2. The molecule has 0 aromatic heterocycles. The molecule has 24 heavy (non-hydrogen) atoms. The number of hydrogen-bond donors (Lipinski definition) is 0. The lowest BCUT2D eigenvalue weighted by atomic mass is 10.1. The van der Waals surface area contributed by atoms with Gasteiger partial charge in [0.15, 0.2) is 0 Å². The number of carbonyl (C=O) groups excluding carboxylic acids is 3. The minimum atomic E-state index is -0.399. The molecule has 0 unspecified atom stereocenters.